The second-order valence-electron chi connectivity index (χ2n) is 8.18. The summed E-state index contributed by atoms with van der Waals surface area (Å²) >= 11 is 0. The highest BCUT2D eigenvalue weighted by atomic mass is 16.2. The molecular formula is C22H27N5O4. The molecule has 1 spiro atoms. The molecule has 2 aromatic heterocycles. The van der Waals surface area contributed by atoms with E-state index in [2.05, 4.69) is 10.3 Å². The maximum atomic E-state index is 13.7. The quantitative estimate of drug-likeness (QED) is 0.578. The minimum Gasteiger partial charge on any atom is -0.352 e. The number of carbonyl (C=O) groups excluding carboxylic acids is 3. The molecule has 4 heterocycles. The Hall–Kier alpha value is -3.23. The fraction of sp³-hybridized carbons (Fsp3) is 0.500. The van der Waals surface area contributed by atoms with Gasteiger partial charge in [0.15, 0.2) is 5.41 Å². The number of unbranched alkanes of at least 4 members (excludes halogenated alkanes) is 2. The molecule has 164 valence electrons. The molecule has 0 radical (unpaired) electrons. The predicted octanol–water partition coefficient (Wildman–Crippen LogP) is 1.72. The van der Waals surface area contributed by atoms with E-state index in [0.29, 0.717) is 30.0 Å². The zero-order valence-corrected chi connectivity index (χ0v) is 18.1. The molecule has 0 saturated carbocycles. The molecule has 0 unspecified atom stereocenters. The first-order valence-corrected chi connectivity index (χ1v) is 10.8. The van der Waals surface area contributed by atoms with Gasteiger partial charge in [-0.2, -0.15) is 0 Å². The van der Waals surface area contributed by atoms with Gasteiger partial charge in [0.05, 0.1) is 11.6 Å². The molecule has 2 aromatic rings. The number of carbonyl (C=O) groups is 3. The number of urea groups is 1. The first-order valence-electron chi connectivity index (χ1n) is 10.8. The van der Waals surface area contributed by atoms with Gasteiger partial charge in [-0.1, -0.05) is 25.8 Å². The van der Waals surface area contributed by atoms with Crippen molar-refractivity contribution in [3.05, 3.63) is 40.3 Å². The van der Waals surface area contributed by atoms with Gasteiger partial charge in [0.2, 0.25) is 11.8 Å². The number of hydrogen-bond acceptors (Lipinski definition) is 6. The SMILES string of the molecule is CCCCCN1C(=O)NC(=O)[C@]2(Cc3c(nc4ccccn4c3=O)N(CC)[C@@H]2C)C1=O. The Morgan fingerprint density at radius 2 is 1.94 bits per heavy atom. The number of nitrogens with zero attached hydrogens (tertiary/aromatic N) is 4. The van der Waals surface area contributed by atoms with Crippen molar-refractivity contribution in [2.24, 2.45) is 5.41 Å². The molecule has 9 heteroatoms. The normalized spacial score (nSPS) is 23.5. The Morgan fingerprint density at radius 3 is 2.65 bits per heavy atom. The van der Waals surface area contributed by atoms with Gasteiger partial charge in [0.1, 0.15) is 11.5 Å². The summed E-state index contributed by atoms with van der Waals surface area (Å²) in [5.41, 5.74) is -1.05. The highest BCUT2D eigenvalue weighted by molar-refractivity contribution is 6.20. The summed E-state index contributed by atoms with van der Waals surface area (Å²) in [7, 11) is 0. The van der Waals surface area contributed by atoms with Crippen LogP contribution in [-0.2, 0) is 16.0 Å². The monoisotopic (exact) mass is 425 g/mol. The number of pyridine rings is 1. The number of imide groups is 2. The van der Waals surface area contributed by atoms with E-state index in [0.717, 1.165) is 17.7 Å². The van der Waals surface area contributed by atoms with Crippen molar-refractivity contribution in [1.82, 2.24) is 19.6 Å². The van der Waals surface area contributed by atoms with Crippen molar-refractivity contribution in [3.63, 3.8) is 0 Å². The van der Waals surface area contributed by atoms with Crippen LogP contribution in [0.15, 0.2) is 29.2 Å². The zero-order valence-electron chi connectivity index (χ0n) is 18.1. The Balaban J connectivity index is 1.86. The third-order valence-electron chi connectivity index (χ3n) is 6.54. The van der Waals surface area contributed by atoms with Gasteiger partial charge in [0.25, 0.3) is 5.56 Å². The standard InChI is InChI=1S/C22H27N5O4/c1-4-6-8-12-27-20(30)22(19(29)24-21(27)31)13-15-17(25(5-2)14(22)3)23-16-10-7-9-11-26(16)18(15)28/h7,9-11,14H,4-6,8,12-13H2,1-3H3,(H,24,29,31)/t14-,22-/m1/s1. The highest BCUT2D eigenvalue weighted by Crippen LogP contribution is 2.42. The van der Waals surface area contributed by atoms with Crippen LogP contribution in [0.1, 0.15) is 45.6 Å². The summed E-state index contributed by atoms with van der Waals surface area (Å²) in [6, 6.07) is 4.02. The van der Waals surface area contributed by atoms with Crippen LogP contribution in [-0.4, -0.2) is 51.3 Å². The lowest BCUT2D eigenvalue weighted by Crippen LogP contribution is -2.72. The number of rotatable bonds is 5. The van der Waals surface area contributed by atoms with Crippen LogP contribution >= 0.6 is 0 Å². The van der Waals surface area contributed by atoms with E-state index in [-0.39, 0.29) is 18.5 Å². The zero-order chi connectivity index (χ0) is 22.3. The van der Waals surface area contributed by atoms with Gasteiger partial charge < -0.3 is 4.90 Å². The second-order valence-corrected chi connectivity index (χ2v) is 8.18. The van der Waals surface area contributed by atoms with E-state index < -0.39 is 29.3 Å². The molecule has 4 amide bonds. The van der Waals surface area contributed by atoms with Gasteiger partial charge in [-0.15, -0.1) is 0 Å². The average molecular weight is 425 g/mol. The Kier molecular flexibility index (Phi) is 5.28. The molecule has 2 aliphatic heterocycles. The van der Waals surface area contributed by atoms with Crippen molar-refractivity contribution in [1.29, 1.82) is 0 Å². The summed E-state index contributed by atoms with van der Waals surface area (Å²) in [5, 5.41) is 2.38. The maximum Gasteiger partial charge on any atom is 0.330 e. The van der Waals surface area contributed by atoms with E-state index in [1.165, 1.54) is 4.40 Å². The Morgan fingerprint density at radius 1 is 1.16 bits per heavy atom. The lowest BCUT2D eigenvalue weighted by atomic mass is 9.69. The molecule has 1 N–H and O–H groups in total. The highest BCUT2D eigenvalue weighted by Gasteiger charge is 2.61. The van der Waals surface area contributed by atoms with Crippen molar-refractivity contribution in [2.45, 2.75) is 52.5 Å². The average Bonchev–Trinajstić information content (AvgIpc) is 2.75. The third-order valence-corrected chi connectivity index (χ3v) is 6.54. The van der Waals surface area contributed by atoms with Crippen LogP contribution in [0, 0.1) is 5.41 Å². The molecule has 1 saturated heterocycles. The van der Waals surface area contributed by atoms with E-state index >= 15 is 0 Å². The molecule has 9 nitrogen and oxygen atoms in total. The fourth-order valence-corrected chi connectivity index (χ4v) is 4.76. The van der Waals surface area contributed by atoms with Crippen LogP contribution in [0.5, 0.6) is 0 Å². The minimum absolute atomic E-state index is 0.0914. The van der Waals surface area contributed by atoms with E-state index in [1.807, 2.05) is 18.7 Å². The summed E-state index contributed by atoms with van der Waals surface area (Å²) in [5.74, 6) is -0.693. The molecule has 0 aromatic carbocycles. The van der Waals surface area contributed by atoms with Gasteiger partial charge in [-0.25, -0.2) is 9.78 Å². The number of barbiturate groups is 1. The topological polar surface area (TPSA) is 104 Å². The summed E-state index contributed by atoms with van der Waals surface area (Å²) in [6.45, 7) is 6.42. The third kappa shape index (κ3) is 3.02. The molecule has 4 rings (SSSR count). The molecule has 31 heavy (non-hydrogen) atoms. The van der Waals surface area contributed by atoms with Gasteiger partial charge >= 0.3 is 6.03 Å². The number of fused-ring (bicyclic) bond motifs is 2. The predicted molar refractivity (Wildman–Crippen MR) is 115 cm³/mol. The Labute approximate surface area is 180 Å². The lowest BCUT2D eigenvalue weighted by Gasteiger charge is -2.49. The van der Waals surface area contributed by atoms with Crippen LogP contribution in [0.4, 0.5) is 10.6 Å². The van der Waals surface area contributed by atoms with E-state index in [1.54, 1.807) is 31.3 Å². The van der Waals surface area contributed by atoms with Crippen molar-refractivity contribution < 1.29 is 14.4 Å². The fourth-order valence-electron chi connectivity index (χ4n) is 4.76. The smallest absolute Gasteiger partial charge is 0.330 e. The second kappa shape index (κ2) is 7.79. The molecule has 2 atom stereocenters. The van der Waals surface area contributed by atoms with Crippen molar-refractivity contribution >= 4 is 29.3 Å². The van der Waals surface area contributed by atoms with Gasteiger partial charge in [-0.05, 0) is 32.4 Å². The van der Waals surface area contributed by atoms with E-state index in [9.17, 15) is 19.2 Å². The van der Waals surface area contributed by atoms with Gasteiger partial charge in [0, 0.05) is 25.7 Å². The maximum absolute atomic E-state index is 13.7. The van der Waals surface area contributed by atoms with Crippen LogP contribution in [0.2, 0.25) is 0 Å². The van der Waals surface area contributed by atoms with Crippen LogP contribution in [0.3, 0.4) is 0 Å². The summed E-state index contributed by atoms with van der Waals surface area (Å²) in [6.07, 6.45) is 4.00. The van der Waals surface area contributed by atoms with Gasteiger partial charge in [-0.3, -0.25) is 29.0 Å². The minimum atomic E-state index is -1.56. The number of amides is 4. The summed E-state index contributed by atoms with van der Waals surface area (Å²) in [4.78, 5) is 60.3. The number of hydrogen-bond donors (Lipinski definition) is 1. The van der Waals surface area contributed by atoms with E-state index in [4.69, 9.17) is 0 Å². The molecular weight excluding hydrogens is 398 g/mol. The first kappa shape index (κ1) is 21.0. The molecule has 0 bridgehead atoms. The van der Waals surface area contributed by atoms with Crippen molar-refractivity contribution in [2.75, 3.05) is 18.0 Å². The summed E-state index contributed by atoms with van der Waals surface area (Å²) < 4.78 is 1.42. The number of aromatic nitrogens is 2. The molecule has 1 fully saturated rings. The molecule has 2 aliphatic rings. The van der Waals surface area contributed by atoms with Crippen LogP contribution < -0.4 is 15.8 Å². The molecule has 0 aliphatic carbocycles. The van der Waals surface area contributed by atoms with Crippen LogP contribution in [0.25, 0.3) is 5.65 Å². The number of nitrogens with one attached hydrogen (secondary N) is 1. The Bertz CT molecular complexity index is 1130. The first-order chi connectivity index (χ1) is 14.9. The van der Waals surface area contributed by atoms with Crippen molar-refractivity contribution in [3.8, 4) is 0 Å². The largest absolute Gasteiger partial charge is 0.352 e. The lowest BCUT2D eigenvalue weighted by molar-refractivity contribution is -0.153. The number of anilines is 1.